The number of hydrogen-bond donors (Lipinski definition) is 3. The van der Waals surface area contributed by atoms with Crippen molar-refractivity contribution in [2.45, 2.75) is 20.4 Å². The van der Waals surface area contributed by atoms with E-state index >= 15 is 0 Å². The van der Waals surface area contributed by atoms with Gasteiger partial charge in [0.15, 0.2) is 5.13 Å². The molecule has 3 aromatic rings. The van der Waals surface area contributed by atoms with E-state index in [9.17, 15) is 4.79 Å². The molecule has 1 saturated heterocycles. The van der Waals surface area contributed by atoms with Gasteiger partial charge in [0.25, 0.3) is 0 Å². The molecule has 0 saturated carbocycles. The minimum atomic E-state index is -0.372. The molecule has 3 heterocycles. The Morgan fingerprint density at radius 3 is 2.65 bits per heavy atom. The van der Waals surface area contributed by atoms with Crippen molar-refractivity contribution in [3.8, 4) is 5.75 Å². The highest BCUT2D eigenvalue weighted by molar-refractivity contribution is 7.17. The van der Waals surface area contributed by atoms with E-state index in [1.54, 1.807) is 21.0 Å². The standard InChI is InChI=1S/C23H29N7O3S/c1-4-33-21(31)20-15(2)26-23(34-20)29-22-27-18(13-19(28-22)30-11-9-24-10-12-30)25-14-16-5-7-17(32-3)8-6-16/h5-8,13,24H,4,9-12,14H2,1-3H3,(H2,25,26,27,28,29). The highest BCUT2D eigenvalue weighted by Gasteiger charge is 2.19. The first-order chi connectivity index (χ1) is 16.6. The van der Waals surface area contributed by atoms with Crippen LogP contribution in [-0.2, 0) is 11.3 Å². The Labute approximate surface area is 202 Å². The summed E-state index contributed by atoms with van der Waals surface area (Å²) < 4.78 is 10.4. The summed E-state index contributed by atoms with van der Waals surface area (Å²) in [4.78, 5) is 28.7. The molecule has 1 fully saturated rings. The Bertz CT molecular complexity index is 1110. The molecule has 3 N–H and O–H groups in total. The third kappa shape index (κ3) is 5.91. The topological polar surface area (TPSA) is 114 Å². The number of nitrogens with one attached hydrogen (secondary N) is 3. The zero-order valence-corrected chi connectivity index (χ0v) is 20.4. The Morgan fingerprint density at radius 1 is 1.18 bits per heavy atom. The molecule has 4 rings (SSSR count). The number of carbonyl (C=O) groups is 1. The maximum Gasteiger partial charge on any atom is 0.350 e. The van der Waals surface area contributed by atoms with Crippen molar-refractivity contribution in [1.82, 2.24) is 20.3 Å². The SMILES string of the molecule is CCOC(=O)c1sc(Nc2nc(NCc3ccc(OC)cc3)cc(N3CCNCC3)n2)nc1C. The van der Waals surface area contributed by atoms with Crippen molar-refractivity contribution < 1.29 is 14.3 Å². The third-order valence-electron chi connectivity index (χ3n) is 5.26. The number of aryl methyl sites for hydroxylation is 1. The molecule has 180 valence electrons. The van der Waals surface area contributed by atoms with Crippen molar-refractivity contribution in [3.63, 3.8) is 0 Å². The monoisotopic (exact) mass is 483 g/mol. The van der Waals surface area contributed by atoms with Gasteiger partial charge in [0.1, 0.15) is 22.3 Å². The fourth-order valence-electron chi connectivity index (χ4n) is 3.50. The minimum Gasteiger partial charge on any atom is -0.497 e. The second kappa shape index (κ2) is 11.1. The number of thiazole rings is 1. The number of piperazine rings is 1. The van der Waals surface area contributed by atoms with Crippen molar-refractivity contribution >= 4 is 40.0 Å². The summed E-state index contributed by atoms with van der Waals surface area (Å²) in [5.74, 6) is 2.38. The summed E-state index contributed by atoms with van der Waals surface area (Å²) in [7, 11) is 1.65. The number of nitrogens with zero attached hydrogens (tertiary/aromatic N) is 4. The summed E-state index contributed by atoms with van der Waals surface area (Å²) in [5.41, 5.74) is 1.72. The molecule has 0 bridgehead atoms. The lowest BCUT2D eigenvalue weighted by Crippen LogP contribution is -2.44. The molecule has 0 unspecified atom stereocenters. The van der Waals surface area contributed by atoms with Crippen molar-refractivity contribution in [1.29, 1.82) is 0 Å². The average molecular weight is 484 g/mol. The lowest BCUT2D eigenvalue weighted by molar-refractivity contribution is 0.0531. The number of anilines is 4. The van der Waals surface area contributed by atoms with Gasteiger partial charge in [-0.3, -0.25) is 5.32 Å². The fourth-order valence-corrected chi connectivity index (χ4v) is 4.36. The zero-order chi connectivity index (χ0) is 23.9. The van der Waals surface area contributed by atoms with E-state index in [0.717, 1.165) is 43.3 Å². The van der Waals surface area contributed by atoms with Crippen LogP contribution in [0.3, 0.4) is 0 Å². The molecular formula is C23H29N7O3S. The Hall–Kier alpha value is -3.44. The van der Waals surface area contributed by atoms with Crippen LogP contribution in [0.1, 0.15) is 27.9 Å². The zero-order valence-electron chi connectivity index (χ0n) is 19.6. The second-order valence-corrected chi connectivity index (χ2v) is 8.65. The first-order valence-corrected chi connectivity index (χ1v) is 12.0. The molecule has 1 aliphatic heterocycles. The van der Waals surface area contributed by atoms with Gasteiger partial charge in [0, 0.05) is 38.8 Å². The largest absolute Gasteiger partial charge is 0.497 e. The minimum absolute atomic E-state index is 0.317. The van der Waals surface area contributed by atoms with Crippen LogP contribution in [0.15, 0.2) is 30.3 Å². The van der Waals surface area contributed by atoms with Gasteiger partial charge in [-0.1, -0.05) is 23.5 Å². The predicted octanol–water partition coefficient (Wildman–Crippen LogP) is 3.19. The molecule has 34 heavy (non-hydrogen) atoms. The normalized spacial score (nSPS) is 13.4. The lowest BCUT2D eigenvalue weighted by Gasteiger charge is -2.28. The van der Waals surface area contributed by atoms with Gasteiger partial charge < -0.3 is 25.0 Å². The summed E-state index contributed by atoms with van der Waals surface area (Å²) in [5, 5.41) is 10.5. The molecule has 1 aliphatic rings. The maximum absolute atomic E-state index is 12.2. The smallest absolute Gasteiger partial charge is 0.350 e. The highest BCUT2D eigenvalue weighted by Crippen LogP contribution is 2.27. The summed E-state index contributed by atoms with van der Waals surface area (Å²) in [6.45, 7) is 8.00. The quantitative estimate of drug-likeness (QED) is 0.392. The van der Waals surface area contributed by atoms with Gasteiger partial charge in [-0.05, 0) is 31.5 Å². The number of rotatable bonds is 9. The number of carbonyl (C=O) groups excluding carboxylic acids is 1. The Balaban J connectivity index is 1.55. The summed E-state index contributed by atoms with van der Waals surface area (Å²) in [6, 6.07) is 9.85. The van der Waals surface area contributed by atoms with Gasteiger partial charge >= 0.3 is 5.97 Å². The van der Waals surface area contributed by atoms with Crippen molar-refractivity contribution in [3.05, 3.63) is 46.5 Å². The van der Waals surface area contributed by atoms with Gasteiger partial charge in [-0.15, -0.1) is 0 Å². The van der Waals surface area contributed by atoms with Crippen LogP contribution in [0.2, 0.25) is 0 Å². The predicted molar refractivity (Wildman–Crippen MR) is 134 cm³/mol. The molecule has 0 atom stereocenters. The van der Waals surface area contributed by atoms with E-state index in [4.69, 9.17) is 14.5 Å². The highest BCUT2D eigenvalue weighted by atomic mass is 32.1. The van der Waals surface area contributed by atoms with E-state index in [1.165, 1.54) is 11.3 Å². The van der Waals surface area contributed by atoms with E-state index in [-0.39, 0.29) is 5.97 Å². The molecule has 0 amide bonds. The van der Waals surface area contributed by atoms with E-state index in [0.29, 0.717) is 40.6 Å². The van der Waals surface area contributed by atoms with Gasteiger partial charge in [-0.25, -0.2) is 9.78 Å². The molecule has 0 spiro atoms. The van der Waals surface area contributed by atoms with Crippen LogP contribution in [-0.4, -0.2) is 60.8 Å². The van der Waals surface area contributed by atoms with Crippen LogP contribution < -0.4 is 25.6 Å². The van der Waals surface area contributed by atoms with Crippen LogP contribution in [0.25, 0.3) is 0 Å². The number of methoxy groups -OCH3 is 1. The molecular weight excluding hydrogens is 454 g/mol. The Morgan fingerprint density at radius 2 is 1.94 bits per heavy atom. The third-order valence-corrected chi connectivity index (χ3v) is 6.32. The number of aromatic nitrogens is 3. The molecule has 10 nitrogen and oxygen atoms in total. The molecule has 1 aromatic carbocycles. The van der Waals surface area contributed by atoms with Gasteiger partial charge in [0.05, 0.1) is 19.4 Å². The first kappa shape index (κ1) is 23.7. The molecule has 2 aromatic heterocycles. The molecule has 11 heteroatoms. The van der Waals surface area contributed by atoms with E-state index in [2.05, 4.69) is 30.8 Å². The number of esters is 1. The van der Waals surface area contributed by atoms with Crippen LogP contribution in [0.4, 0.5) is 22.7 Å². The molecule has 0 aliphatic carbocycles. The van der Waals surface area contributed by atoms with Crippen LogP contribution in [0, 0.1) is 6.92 Å². The van der Waals surface area contributed by atoms with E-state index < -0.39 is 0 Å². The number of ether oxygens (including phenoxy) is 2. The fraction of sp³-hybridized carbons (Fsp3) is 0.391. The summed E-state index contributed by atoms with van der Waals surface area (Å²) in [6.07, 6.45) is 0. The van der Waals surface area contributed by atoms with Crippen molar-refractivity contribution in [2.24, 2.45) is 0 Å². The molecule has 0 radical (unpaired) electrons. The van der Waals surface area contributed by atoms with Crippen LogP contribution in [0.5, 0.6) is 5.75 Å². The van der Waals surface area contributed by atoms with Gasteiger partial charge in [-0.2, -0.15) is 9.97 Å². The Kier molecular flexibility index (Phi) is 7.76. The van der Waals surface area contributed by atoms with Gasteiger partial charge in [0.2, 0.25) is 5.95 Å². The number of benzene rings is 1. The second-order valence-electron chi connectivity index (χ2n) is 7.65. The maximum atomic E-state index is 12.2. The van der Waals surface area contributed by atoms with Crippen LogP contribution >= 0.6 is 11.3 Å². The lowest BCUT2D eigenvalue weighted by atomic mass is 10.2. The average Bonchev–Trinajstić information content (AvgIpc) is 3.23. The van der Waals surface area contributed by atoms with Crippen molar-refractivity contribution in [2.75, 3.05) is 55.4 Å². The first-order valence-electron chi connectivity index (χ1n) is 11.2. The summed E-state index contributed by atoms with van der Waals surface area (Å²) >= 11 is 1.23. The number of hydrogen-bond acceptors (Lipinski definition) is 11. The van der Waals surface area contributed by atoms with E-state index in [1.807, 2.05) is 30.3 Å².